The van der Waals surface area contributed by atoms with Crippen LogP contribution in [0.4, 0.5) is 0 Å². The molecule has 1 saturated carbocycles. The Bertz CT molecular complexity index is 375. The van der Waals surface area contributed by atoms with Crippen LogP contribution < -0.4 is 11.1 Å². The van der Waals surface area contributed by atoms with Crippen LogP contribution in [0.25, 0.3) is 0 Å². The Morgan fingerprint density at radius 3 is 2.74 bits per heavy atom. The van der Waals surface area contributed by atoms with E-state index in [4.69, 9.17) is 5.73 Å². The summed E-state index contributed by atoms with van der Waals surface area (Å²) in [5.41, 5.74) is 6.83. The summed E-state index contributed by atoms with van der Waals surface area (Å²) in [5.74, 6) is 0.441. The third-order valence-electron chi connectivity index (χ3n) is 3.36. The molecule has 6 heteroatoms. The highest BCUT2D eigenvalue weighted by Gasteiger charge is 2.25. The predicted molar refractivity (Wildman–Crippen MR) is 80.5 cm³/mol. The molecule has 2 atom stereocenters. The van der Waals surface area contributed by atoms with Crippen molar-refractivity contribution in [3.05, 3.63) is 30.1 Å². The third-order valence-corrected chi connectivity index (χ3v) is 3.36. The number of amides is 1. The van der Waals surface area contributed by atoms with Crippen molar-refractivity contribution < 1.29 is 4.79 Å². The van der Waals surface area contributed by atoms with Gasteiger partial charge in [-0.25, -0.2) is 0 Å². The van der Waals surface area contributed by atoms with Gasteiger partial charge in [0, 0.05) is 18.7 Å². The summed E-state index contributed by atoms with van der Waals surface area (Å²) in [6.45, 7) is 0.502. The van der Waals surface area contributed by atoms with Crippen LogP contribution in [0.3, 0.4) is 0 Å². The summed E-state index contributed by atoms with van der Waals surface area (Å²) in [6, 6.07) is 5.89. The van der Waals surface area contributed by atoms with Gasteiger partial charge in [-0.2, -0.15) is 0 Å². The molecule has 0 aliphatic heterocycles. The van der Waals surface area contributed by atoms with Gasteiger partial charge >= 0.3 is 0 Å². The van der Waals surface area contributed by atoms with Crippen molar-refractivity contribution in [2.45, 2.75) is 38.3 Å². The Morgan fingerprint density at radius 1 is 1.37 bits per heavy atom. The first-order valence-corrected chi connectivity index (χ1v) is 6.18. The number of carbonyl (C=O) groups excluding carboxylic acids is 1. The zero-order valence-corrected chi connectivity index (χ0v) is 12.4. The van der Waals surface area contributed by atoms with Crippen LogP contribution in [0.1, 0.15) is 31.4 Å². The second-order valence-electron chi connectivity index (χ2n) is 4.66. The molecule has 2 rings (SSSR count). The van der Waals surface area contributed by atoms with E-state index >= 15 is 0 Å². The minimum absolute atomic E-state index is 0. The van der Waals surface area contributed by atoms with Crippen LogP contribution in [0.15, 0.2) is 24.4 Å². The van der Waals surface area contributed by atoms with Crippen LogP contribution in [0.5, 0.6) is 0 Å². The Balaban J connectivity index is 0.00000162. The standard InChI is InChI=1S/C13H19N3O.2ClH/c14-12-6-3-4-10(12)8-13(17)16-9-11-5-1-2-7-15-11;;/h1-2,5,7,10,12H,3-4,6,8-9,14H2,(H,16,17);2*1H/t10-,12+;;/m0../s1. The van der Waals surface area contributed by atoms with E-state index in [-0.39, 0.29) is 36.8 Å². The van der Waals surface area contributed by atoms with Crippen LogP contribution in [-0.2, 0) is 11.3 Å². The molecule has 1 fully saturated rings. The first-order valence-electron chi connectivity index (χ1n) is 6.18. The average Bonchev–Trinajstić information content (AvgIpc) is 2.74. The summed E-state index contributed by atoms with van der Waals surface area (Å²) >= 11 is 0. The van der Waals surface area contributed by atoms with Gasteiger partial charge < -0.3 is 11.1 Å². The average molecular weight is 306 g/mol. The number of hydrogen-bond acceptors (Lipinski definition) is 3. The van der Waals surface area contributed by atoms with E-state index in [1.54, 1.807) is 6.20 Å². The first-order chi connectivity index (χ1) is 8.25. The number of aromatic nitrogens is 1. The highest BCUT2D eigenvalue weighted by atomic mass is 35.5. The quantitative estimate of drug-likeness (QED) is 0.894. The van der Waals surface area contributed by atoms with Gasteiger partial charge in [0.2, 0.25) is 5.91 Å². The lowest BCUT2D eigenvalue weighted by Crippen LogP contribution is -2.31. The van der Waals surface area contributed by atoms with E-state index in [9.17, 15) is 4.79 Å². The summed E-state index contributed by atoms with van der Waals surface area (Å²) in [6.07, 6.45) is 5.57. The molecule has 1 aliphatic carbocycles. The Kier molecular flexibility index (Phi) is 8.72. The fourth-order valence-electron chi connectivity index (χ4n) is 2.32. The van der Waals surface area contributed by atoms with Crippen molar-refractivity contribution in [2.75, 3.05) is 0 Å². The Morgan fingerprint density at radius 2 is 2.16 bits per heavy atom. The molecule has 0 bridgehead atoms. The summed E-state index contributed by atoms with van der Waals surface area (Å²) < 4.78 is 0. The zero-order valence-electron chi connectivity index (χ0n) is 10.7. The van der Waals surface area contributed by atoms with Crippen molar-refractivity contribution in [3.63, 3.8) is 0 Å². The molecule has 19 heavy (non-hydrogen) atoms. The lowest BCUT2D eigenvalue weighted by molar-refractivity contribution is -0.122. The first kappa shape index (κ1) is 18.2. The van der Waals surface area contributed by atoms with Crippen molar-refractivity contribution in [2.24, 2.45) is 11.7 Å². The maximum Gasteiger partial charge on any atom is 0.220 e. The number of nitrogens with zero attached hydrogens (tertiary/aromatic N) is 1. The number of halogens is 2. The molecule has 108 valence electrons. The highest BCUT2D eigenvalue weighted by molar-refractivity contribution is 5.85. The molecule has 3 N–H and O–H groups in total. The minimum Gasteiger partial charge on any atom is -0.350 e. The SMILES string of the molecule is Cl.Cl.N[C@@H]1CCC[C@H]1CC(=O)NCc1ccccn1. The molecule has 1 aliphatic rings. The lowest BCUT2D eigenvalue weighted by Gasteiger charge is -2.14. The van der Waals surface area contributed by atoms with E-state index in [0.29, 0.717) is 18.9 Å². The van der Waals surface area contributed by atoms with Gasteiger partial charge in [0.05, 0.1) is 12.2 Å². The van der Waals surface area contributed by atoms with Gasteiger partial charge in [-0.1, -0.05) is 12.5 Å². The molecule has 1 amide bonds. The molecule has 0 unspecified atom stereocenters. The normalized spacial score (nSPS) is 21.1. The number of rotatable bonds is 4. The lowest BCUT2D eigenvalue weighted by atomic mass is 10.00. The number of carbonyl (C=O) groups is 1. The van der Waals surface area contributed by atoms with Gasteiger partial charge in [-0.15, -0.1) is 24.8 Å². The molecule has 1 heterocycles. The Hall–Kier alpha value is -0.840. The van der Waals surface area contributed by atoms with Crippen LogP contribution in [-0.4, -0.2) is 16.9 Å². The molecule has 4 nitrogen and oxygen atoms in total. The van der Waals surface area contributed by atoms with Crippen LogP contribution in [0, 0.1) is 5.92 Å². The van der Waals surface area contributed by atoms with E-state index < -0.39 is 0 Å². The summed E-state index contributed by atoms with van der Waals surface area (Å²) in [7, 11) is 0. The zero-order chi connectivity index (χ0) is 12.1. The van der Waals surface area contributed by atoms with E-state index in [1.165, 1.54) is 0 Å². The van der Waals surface area contributed by atoms with E-state index in [1.807, 2.05) is 18.2 Å². The molecule has 0 radical (unpaired) electrons. The third kappa shape index (κ3) is 5.76. The van der Waals surface area contributed by atoms with Gasteiger partial charge in [-0.3, -0.25) is 9.78 Å². The molecular formula is C13H21Cl2N3O. The topological polar surface area (TPSA) is 68.0 Å². The summed E-state index contributed by atoms with van der Waals surface area (Å²) in [5, 5.41) is 2.89. The largest absolute Gasteiger partial charge is 0.350 e. The number of hydrogen-bond donors (Lipinski definition) is 2. The van der Waals surface area contributed by atoms with Gasteiger partial charge in [0.15, 0.2) is 0 Å². The molecule has 0 spiro atoms. The number of nitrogens with two attached hydrogens (primary N) is 1. The second kappa shape index (κ2) is 9.13. The molecule has 0 aromatic carbocycles. The van der Waals surface area contributed by atoms with E-state index in [2.05, 4.69) is 10.3 Å². The van der Waals surface area contributed by atoms with Crippen LogP contribution >= 0.6 is 24.8 Å². The second-order valence-corrected chi connectivity index (χ2v) is 4.66. The maximum absolute atomic E-state index is 11.7. The predicted octanol–water partition coefficient (Wildman–Crippen LogP) is 2.06. The maximum atomic E-state index is 11.7. The highest BCUT2D eigenvalue weighted by Crippen LogP contribution is 2.26. The number of nitrogens with one attached hydrogen (secondary N) is 1. The number of pyridine rings is 1. The van der Waals surface area contributed by atoms with Crippen molar-refractivity contribution in [1.82, 2.24) is 10.3 Å². The minimum atomic E-state index is 0. The van der Waals surface area contributed by atoms with Gasteiger partial charge in [0.1, 0.15) is 0 Å². The van der Waals surface area contributed by atoms with Crippen molar-refractivity contribution in [1.29, 1.82) is 0 Å². The van der Waals surface area contributed by atoms with Gasteiger partial charge in [0.25, 0.3) is 0 Å². The van der Waals surface area contributed by atoms with Gasteiger partial charge in [-0.05, 0) is 30.9 Å². The smallest absolute Gasteiger partial charge is 0.220 e. The fourth-order valence-corrected chi connectivity index (χ4v) is 2.32. The van der Waals surface area contributed by atoms with Crippen molar-refractivity contribution in [3.8, 4) is 0 Å². The van der Waals surface area contributed by atoms with Crippen LogP contribution in [0.2, 0.25) is 0 Å². The Labute approximate surface area is 126 Å². The monoisotopic (exact) mass is 305 g/mol. The molecule has 0 saturated heterocycles. The fraction of sp³-hybridized carbons (Fsp3) is 0.538. The molecule has 1 aromatic heterocycles. The van der Waals surface area contributed by atoms with Crippen molar-refractivity contribution >= 4 is 30.7 Å². The summed E-state index contributed by atoms with van der Waals surface area (Å²) in [4.78, 5) is 15.9. The molecule has 1 aromatic rings. The molecular weight excluding hydrogens is 285 g/mol. The van der Waals surface area contributed by atoms with E-state index in [0.717, 1.165) is 25.0 Å².